The molecule has 1 aromatic carbocycles. The topological polar surface area (TPSA) is 42.0 Å². The summed E-state index contributed by atoms with van der Waals surface area (Å²) in [6, 6.07) is 15.2. The number of pyridine rings is 1. The third-order valence-electron chi connectivity index (χ3n) is 1.86. The van der Waals surface area contributed by atoms with E-state index in [0.29, 0.717) is 11.4 Å². The fourth-order valence-corrected chi connectivity index (χ4v) is 1.16. The molecule has 0 atom stereocenters. The summed E-state index contributed by atoms with van der Waals surface area (Å²) in [5.41, 5.74) is 1.12. The Morgan fingerprint density at radius 1 is 1.27 bits per heavy atom. The SMILES string of the molecule is O=C(Nc1c[c]ccc1)c1ccccn1. The number of nitrogens with zero attached hydrogens (tertiary/aromatic N) is 1. The summed E-state index contributed by atoms with van der Waals surface area (Å²) in [5, 5.41) is 2.73. The molecule has 15 heavy (non-hydrogen) atoms. The van der Waals surface area contributed by atoms with Crippen molar-refractivity contribution in [3.63, 3.8) is 0 Å². The number of anilines is 1. The molecule has 1 amide bonds. The standard InChI is InChI=1S/C12H9N2O/c15-12(11-8-4-5-9-13-11)14-10-6-2-1-3-7-10/h1-2,4-9H,(H,14,15). The lowest BCUT2D eigenvalue weighted by Gasteiger charge is -2.03. The molecule has 0 aliphatic heterocycles. The average molecular weight is 197 g/mol. The molecule has 2 rings (SSSR count). The Balaban J connectivity index is 2.12. The number of carbonyl (C=O) groups is 1. The Bertz CT molecular complexity index is 440. The molecule has 73 valence electrons. The zero-order valence-electron chi connectivity index (χ0n) is 7.97. The molecule has 3 nitrogen and oxygen atoms in total. The molecule has 3 heteroatoms. The summed E-state index contributed by atoms with van der Waals surface area (Å²) >= 11 is 0. The number of aromatic nitrogens is 1. The maximum Gasteiger partial charge on any atom is 0.274 e. The first kappa shape index (κ1) is 9.40. The van der Waals surface area contributed by atoms with Crippen molar-refractivity contribution >= 4 is 11.6 Å². The highest BCUT2D eigenvalue weighted by molar-refractivity contribution is 6.02. The molecule has 2 aromatic rings. The molecule has 0 bridgehead atoms. The van der Waals surface area contributed by atoms with E-state index < -0.39 is 0 Å². The van der Waals surface area contributed by atoms with Gasteiger partial charge in [0.05, 0.1) is 0 Å². The Labute approximate surface area is 87.8 Å². The number of carbonyl (C=O) groups excluding carboxylic acids is 1. The van der Waals surface area contributed by atoms with Crippen LogP contribution in [0.25, 0.3) is 0 Å². The lowest BCUT2D eigenvalue weighted by molar-refractivity contribution is 0.102. The van der Waals surface area contributed by atoms with Gasteiger partial charge in [-0.3, -0.25) is 9.78 Å². The second-order valence-electron chi connectivity index (χ2n) is 2.96. The maximum absolute atomic E-state index is 11.6. The fraction of sp³-hybridized carbons (Fsp3) is 0. The van der Waals surface area contributed by atoms with Gasteiger partial charge in [0.1, 0.15) is 5.69 Å². The largest absolute Gasteiger partial charge is 0.321 e. The second kappa shape index (κ2) is 4.37. The molecule has 1 heterocycles. The number of hydrogen-bond donors (Lipinski definition) is 1. The van der Waals surface area contributed by atoms with Gasteiger partial charge in [-0.1, -0.05) is 18.2 Å². The highest BCUT2D eigenvalue weighted by Crippen LogP contribution is 2.06. The number of amides is 1. The number of rotatable bonds is 2. The van der Waals surface area contributed by atoms with Crippen molar-refractivity contribution < 1.29 is 4.79 Å². The van der Waals surface area contributed by atoms with Gasteiger partial charge in [-0.2, -0.15) is 0 Å². The van der Waals surface area contributed by atoms with Crippen LogP contribution < -0.4 is 5.32 Å². The van der Waals surface area contributed by atoms with Crippen LogP contribution in [-0.2, 0) is 0 Å². The number of benzene rings is 1. The van der Waals surface area contributed by atoms with E-state index in [1.54, 1.807) is 42.6 Å². The highest BCUT2D eigenvalue weighted by Gasteiger charge is 2.05. The van der Waals surface area contributed by atoms with Crippen molar-refractivity contribution in [2.45, 2.75) is 0 Å². The minimum Gasteiger partial charge on any atom is -0.321 e. The Morgan fingerprint density at radius 3 is 2.87 bits per heavy atom. The van der Waals surface area contributed by atoms with Crippen molar-refractivity contribution in [3.8, 4) is 0 Å². The Morgan fingerprint density at radius 2 is 2.20 bits per heavy atom. The smallest absolute Gasteiger partial charge is 0.274 e. The minimum atomic E-state index is -0.213. The van der Waals surface area contributed by atoms with E-state index in [4.69, 9.17) is 0 Å². The predicted octanol–water partition coefficient (Wildman–Crippen LogP) is 2.13. The monoisotopic (exact) mass is 197 g/mol. The quantitative estimate of drug-likeness (QED) is 0.801. The van der Waals surface area contributed by atoms with Gasteiger partial charge in [0.15, 0.2) is 0 Å². The van der Waals surface area contributed by atoms with Crippen molar-refractivity contribution in [2.24, 2.45) is 0 Å². The van der Waals surface area contributed by atoms with Crippen molar-refractivity contribution in [3.05, 3.63) is 60.4 Å². The lowest BCUT2D eigenvalue weighted by atomic mass is 10.3. The third-order valence-corrected chi connectivity index (χ3v) is 1.86. The molecule has 0 aliphatic carbocycles. The van der Waals surface area contributed by atoms with Crippen LogP contribution in [0.3, 0.4) is 0 Å². The summed E-state index contributed by atoms with van der Waals surface area (Å²) in [4.78, 5) is 15.6. The van der Waals surface area contributed by atoms with Crippen LogP contribution in [0.15, 0.2) is 48.7 Å². The molecule has 0 fully saturated rings. The molecule has 1 radical (unpaired) electrons. The van der Waals surface area contributed by atoms with Gasteiger partial charge in [0, 0.05) is 11.9 Å². The van der Waals surface area contributed by atoms with Crippen LogP contribution in [0.4, 0.5) is 5.69 Å². The number of hydrogen-bond acceptors (Lipinski definition) is 2. The third kappa shape index (κ3) is 2.40. The molecule has 1 N–H and O–H groups in total. The van der Waals surface area contributed by atoms with E-state index in [1.807, 2.05) is 6.07 Å². The van der Waals surface area contributed by atoms with E-state index in [-0.39, 0.29) is 5.91 Å². The first-order chi connectivity index (χ1) is 7.36. The summed E-state index contributed by atoms with van der Waals surface area (Å²) in [6.45, 7) is 0. The molecule has 0 unspecified atom stereocenters. The first-order valence-corrected chi connectivity index (χ1v) is 4.55. The first-order valence-electron chi connectivity index (χ1n) is 4.55. The van der Waals surface area contributed by atoms with Crippen LogP contribution in [-0.4, -0.2) is 10.9 Å². The minimum absolute atomic E-state index is 0.213. The molecule has 0 saturated heterocycles. The summed E-state index contributed by atoms with van der Waals surface area (Å²) in [5.74, 6) is -0.213. The molecular weight excluding hydrogens is 188 g/mol. The zero-order chi connectivity index (χ0) is 10.5. The lowest BCUT2D eigenvalue weighted by Crippen LogP contribution is -2.13. The average Bonchev–Trinajstić information content (AvgIpc) is 2.31. The van der Waals surface area contributed by atoms with Gasteiger partial charge in [-0.15, -0.1) is 0 Å². The fourth-order valence-electron chi connectivity index (χ4n) is 1.16. The van der Waals surface area contributed by atoms with E-state index in [2.05, 4.69) is 16.4 Å². The normalized spacial score (nSPS) is 9.60. The van der Waals surface area contributed by atoms with Crippen LogP contribution in [0.5, 0.6) is 0 Å². The Hall–Kier alpha value is -2.16. The van der Waals surface area contributed by atoms with Gasteiger partial charge >= 0.3 is 0 Å². The van der Waals surface area contributed by atoms with E-state index in [1.165, 1.54) is 0 Å². The Kier molecular flexibility index (Phi) is 2.74. The van der Waals surface area contributed by atoms with Crippen molar-refractivity contribution in [1.29, 1.82) is 0 Å². The second-order valence-corrected chi connectivity index (χ2v) is 2.96. The van der Waals surface area contributed by atoms with Gasteiger partial charge in [-0.05, 0) is 30.3 Å². The van der Waals surface area contributed by atoms with Crippen LogP contribution in [0.2, 0.25) is 0 Å². The van der Waals surface area contributed by atoms with E-state index in [0.717, 1.165) is 0 Å². The predicted molar refractivity (Wildman–Crippen MR) is 57.5 cm³/mol. The van der Waals surface area contributed by atoms with Gasteiger partial charge in [0.2, 0.25) is 0 Å². The highest BCUT2D eigenvalue weighted by atomic mass is 16.1. The van der Waals surface area contributed by atoms with Crippen molar-refractivity contribution in [1.82, 2.24) is 4.98 Å². The molecular formula is C12H9N2O. The summed E-state index contributed by atoms with van der Waals surface area (Å²) < 4.78 is 0. The van der Waals surface area contributed by atoms with Crippen molar-refractivity contribution in [2.75, 3.05) is 5.32 Å². The van der Waals surface area contributed by atoms with Gasteiger partial charge in [-0.25, -0.2) is 0 Å². The summed E-state index contributed by atoms with van der Waals surface area (Å²) in [7, 11) is 0. The van der Waals surface area contributed by atoms with E-state index in [9.17, 15) is 4.79 Å². The van der Waals surface area contributed by atoms with Gasteiger partial charge in [0.25, 0.3) is 5.91 Å². The number of nitrogens with one attached hydrogen (secondary N) is 1. The maximum atomic E-state index is 11.6. The molecule has 0 saturated carbocycles. The van der Waals surface area contributed by atoms with Crippen LogP contribution in [0, 0.1) is 6.07 Å². The van der Waals surface area contributed by atoms with Gasteiger partial charge < -0.3 is 5.32 Å². The van der Waals surface area contributed by atoms with E-state index >= 15 is 0 Å². The summed E-state index contributed by atoms with van der Waals surface area (Å²) in [6.07, 6.45) is 1.59. The molecule has 0 spiro atoms. The van der Waals surface area contributed by atoms with Crippen LogP contribution >= 0.6 is 0 Å². The zero-order valence-corrected chi connectivity index (χ0v) is 7.97. The van der Waals surface area contributed by atoms with Crippen LogP contribution in [0.1, 0.15) is 10.5 Å². The molecule has 1 aromatic heterocycles. The molecule has 0 aliphatic rings.